The van der Waals surface area contributed by atoms with Crippen molar-refractivity contribution < 1.29 is 9.53 Å². The molecule has 1 aromatic carbocycles. The normalized spacial score (nSPS) is 20.8. The van der Waals surface area contributed by atoms with Crippen molar-refractivity contribution in [3.05, 3.63) is 40.9 Å². The van der Waals surface area contributed by atoms with Gasteiger partial charge in [0.15, 0.2) is 5.13 Å². The van der Waals surface area contributed by atoms with E-state index < -0.39 is 0 Å². The van der Waals surface area contributed by atoms with Crippen LogP contribution in [-0.2, 0) is 22.5 Å². The van der Waals surface area contributed by atoms with Crippen LogP contribution >= 0.6 is 23.1 Å². The molecule has 0 spiro atoms. The summed E-state index contributed by atoms with van der Waals surface area (Å²) in [6.45, 7) is 4.27. The Balaban J connectivity index is 1.33. The molecular weight excluding hydrogens is 342 g/mol. The van der Waals surface area contributed by atoms with Crippen molar-refractivity contribution >= 4 is 34.1 Å². The third kappa shape index (κ3) is 3.64. The van der Waals surface area contributed by atoms with Crippen molar-refractivity contribution in [2.45, 2.75) is 23.1 Å². The third-order valence-corrected chi connectivity index (χ3v) is 6.33. The van der Waals surface area contributed by atoms with Gasteiger partial charge in [-0.15, -0.1) is 23.1 Å². The lowest BCUT2D eigenvalue weighted by atomic mass is 10.1. The minimum absolute atomic E-state index is 0.0449. The van der Waals surface area contributed by atoms with E-state index in [1.807, 2.05) is 17.5 Å². The van der Waals surface area contributed by atoms with Gasteiger partial charge < -0.3 is 10.1 Å². The van der Waals surface area contributed by atoms with E-state index in [-0.39, 0.29) is 11.2 Å². The molecule has 0 radical (unpaired) electrons. The predicted molar refractivity (Wildman–Crippen MR) is 96.6 cm³/mol. The summed E-state index contributed by atoms with van der Waals surface area (Å²) in [5, 5.41) is 5.64. The SMILES string of the molecule is O=C(Nc1nc(CN2CCOCC2)cs1)C1Cc2ccccc2S1. The molecule has 7 heteroatoms. The van der Waals surface area contributed by atoms with Gasteiger partial charge in [-0.2, -0.15) is 0 Å². The molecule has 4 rings (SSSR count). The number of nitrogens with zero attached hydrogens (tertiary/aromatic N) is 2. The summed E-state index contributed by atoms with van der Waals surface area (Å²) in [7, 11) is 0. The van der Waals surface area contributed by atoms with Gasteiger partial charge in [0.1, 0.15) is 0 Å². The average molecular weight is 361 g/mol. The average Bonchev–Trinajstić information content (AvgIpc) is 3.22. The molecule has 1 fully saturated rings. The van der Waals surface area contributed by atoms with Gasteiger partial charge in [0, 0.05) is 29.9 Å². The van der Waals surface area contributed by atoms with Gasteiger partial charge in [-0.25, -0.2) is 4.98 Å². The molecule has 24 heavy (non-hydrogen) atoms. The van der Waals surface area contributed by atoms with Gasteiger partial charge in [0.2, 0.25) is 5.91 Å². The molecule has 2 aliphatic rings. The zero-order valence-corrected chi connectivity index (χ0v) is 14.9. The van der Waals surface area contributed by atoms with Gasteiger partial charge in [-0.3, -0.25) is 9.69 Å². The highest BCUT2D eigenvalue weighted by Crippen LogP contribution is 2.37. The Bertz CT molecular complexity index is 703. The molecule has 1 unspecified atom stereocenters. The van der Waals surface area contributed by atoms with Crippen molar-refractivity contribution in [2.24, 2.45) is 0 Å². The molecule has 1 saturated heterocycles. The number of ether oxygens (including phenoxy) is 1. The van der Waals surface area contributed by atoms with E-state index in [9.17, 15) is 4.79 Å². The van der Waals surface area contributed by atoms with Crippen LogP contribution in [0.3, 0.4) is 0 Å². The molecule has 126 valence electrons. The van der Waals surface area contributed by atoms with E-state index in [1.165, 1.54) is 21.8 Å². The highest BCUT2D eigenvalue weighted by atomic mass is 32.2. The third-order valence-electron chi connectivity index (χ3n) is 4.21. The number of carbonyl (C=O) groups is 1. The van der Waals surface area contributed by atoms with Gasteiger partial charge in [0.05, 0.1) is 24.2 Å². The van der Waals surface area contributed by atoms with Crippen molar-refractivity contribution in [3.8, 4) is 0 Å². The quantitative estimate of drug-likeness (QED) is 0.907. The second-order valence-electron chi connectivity index (χ2n) is 5.94. The Kier molecular flexibility index (Phi) is 4.84. The number of morpholine rings is 1. The maximum absolute atomic E-state index is 12.5. The standard InChI is InChI=1S/C17H19N3O2S2/c21-16(15-9-12-3-1-2-4-14(12)24-15)19-17-18-13(11-23-17)10-20-5-7-22-8-6-20/h1-4,11,15H,5-10H2,(H,18,19,21). The molecule has 5 nitrogen and oxygen atoms in total. The van der Waals surface area contributed by atoms with Gasteiger partial charge in [-0.05, 0) is 18.1 Å². The molecule has 0 aliphatic carbocycles. The molecule has 0 saturated carbocycles. The fourth-order valence-corrected chi connectivity index (χ4v) is 4.84. The molecule has 1 aromatic heterocycles. The zero-order chi connectivity index (χ0) is 16.4. The zero-order valence-electron chi connectivity index (χ0n) is 13.2. The smallest absolute Gasteiger partial charge is 0.239 e. The molecule has 2 aromatic rings. The second-order valence-corrected chi connectivity index (χ2v) is 8.04. The second kappa shape index (κ2) is 7.23. The van der Waals surface area contributed by atoms with E-state index >= 15 is 0 Å². The summed E-state index contributed by atoms with van der Waals surface area (Å²) in [6.07, 6.45) is 0.790. The van der Waals surface area contributed by atoms with Crippen molar-refractivity contribution in [1.29, 1.82) is 0 Å². The van der Waals surface area contributed by atoms with Crippen LogP contribution < -0.4 is 5.32 Å². The Morgan fingerprint density at radius 3 is 3.00 bits per heavy atom. The van der Waals surface area contributed by atoms with Crippen LogP contribution in [-0.4, -0.2) is 47.3 Å². The van der Waals surface area contributed by atoms with Gasteiger partial charge in [0.25, 0.3) is 0 Å². The summed E-state index contributed by atoms with van der Waals surface area (Å²) >= 11 is 3.14. The van der Waals surface area contributed by atoms with E-state index in [4.69, 9.17) is 4.74 Å². The van der Waals surface area contributed by atoms with Crippen molar-refractivity contribution in [1.82, 2.24) is 9.88 Å². The Morgan fingerprint density at radius 1 is 1.33 bits per heavy atom. The fraction of sp³-hybridized carbons (Fsp3) is 0.412. The van der Waals surface area contributed by atoms with E-state index in [2.05, 4.69) is 27.3 Å². The molecule has 1 N–H and O–H groups in total. The Morgan fingerprint density at radius 2 is 2.17 bits per heavy atom. The van der Waals surface area contributed by atoms with E-state index in [0.29, 0.717) is 5.13 Å². The van der Waals surface area contributed by atoms with Crippen molar-refractivity contribution in [2.75, 3.05) is 31.6 Å². The minimum atomic E-state index is -0.0611. The number of hydrogen-bond acceptors (Lipinski definition) is 6. The fourth-order valence-electron chi connectivity index (χ4n) is 2.94. The van der Waals surface area contributed by atoms with Crippen LogP contribution in [0.4, 0.5) is 5.13 Å². The topological polar surface area (TPSA) is 54.5 Å². The molecular formula is C17H19N3O2S2. The lowest BCUT2D eigenvalue weighted by molar-refractivity contribution is -0.115. The van der Waals surface area contributed by atoms with Crippen LogP contribution in [0.25, 0.3) is 0 Å². The number of benzene rings is 1. The Labute approximate surface area is 149 Å². The predicted octanol–water partition coefficient (Wildman–Crippen LogP) is 2.63. The summed E-state index contributed by atoms with van der Waals surface area (Å²) in [4.78, 5) is 20.6. The lowest BCUT2D eigenvalue weighted by Gasteiger charge is -2.25. The number of thiazole rings is 1. The maximum Gasteiger partial charge on any atom is 0.239 e. The number of carbonyl (C=O) groups excluding carboxylic acids is 1. The minimum Gasteiger partial charge on any atom is -0.379 e. The number of fused-ring (bicyclic) bond motifs is 1. The summed E-state index contributed by atoms with van der Waals surface area (Å²) in [5.74, 6) is 0.0449. The molecule has 0 bridgehead atoms. The van der Waals surface area contributed by atoms with E-state index in [0.717, 1.165) is 45.0 Å². The van der Waals surface area contributed by atoms with Gasteiger partial charge >= 0.3 is 0 Å². The highest BCUT2D eigenvalue weighted by Gasteiger charge is 2.28. The number of anilines is 1. The molecule has 1 amide bonds. The highest BCUT2D eigenvalue weighted by molar-refractivity contribution is 8.01. The first-order valence-corrected chi connectivity index (χ1v) is 9.84. The first kappa shape index (κ1) is 16.1. The molecule has 1 atom stereocenters. The van der Waals surface area contributed by atoms with E-state index in [1.54, 1.807) is 11.8 Å². The van der Waals surface area contributed by atoms with Gasteiger partial charge in [-0.1, -0.05) is 18.2 Å². The number of thioether (sulfide) groups is 1. The molecule has 2 aliphatic heterocycles. The number of rotatable bonds is 4. The first-order valence-electron chi connectivity index (χ1n) is 8.08. The maximum atomic E-state index is 12.5. The van der Waals surface area contributed by atoms with Crippen LogP contribution in [0.2, 0.25) is 0 Å². The van der Waals surface area contributed by atoms with Crippen LogP contribution in [0.15, 0.2) is 34.5 Å². The summed E-state index contributed by atoms with van der Waals surface area (Å²) < 4.78 is 5.36. The lowest BCUT2D eigenvalue weighted by Crippen LogP contribution is -2.35. The summed E-state index contributed by atoms with van der Waals surface area (Å²) in [6, 6.07) is 8.22. The monoisotopic (exact) mass is 361 g/mol. The number of hydrogen-bond donors (Lipinski definition) is 1. The first-order chi connectivity index (χ1) is 11.8. The number of aromatic nitrogens is 1. The number of amides is 1. The van der Waals surface area contributed by atoms with Crippen LogP contribution in [0.1, 0.15) is 11.3 Å². The van der Waals surface area contributed by atoms with Crippen LogP contribution in [0.5, 0.6) is 0 Å². The Hall–Kier alpha value is -1.41. The largest absolute Gasteiger partial charge is 0.379 e. The molecule has 3 heterocycles. The number of nitrogens with one attached hydrogen (secondary N) is 1. The summed E-state index contributed by atoms with van der Waals surface area (Å²) in [5.41, 5.74) is 2.27. The van der Waals surface area contributed by atoms with Crippen molar-refractivity contribution in [3.63, 3.8) is 0 Å². The van der Waals surface area contributed by atoms with Crippen LogP contribution in [0, 0.1) is 0 Å².